The molecule has 0 aromatic heterocycles. The van der Waals surface area contributed by atoms with E-state index >= 15 is 0 Å². The van der Waals surface area contributed by atoms with Crippen LogP contribution in [0.25, 0.3) is 0 Å². The molecule has 2 unspecified atom stereocenters. The number of thiol groups is 1. The first-order valence-electron chi connectivity index (χ1n) is 6.03. The average Bonchev–Trinajstić information content (AvgIpc) is 2.40. The van der Waals surface area contributed by atoms with E-state index in [-0.39, 0.29) is 5.92 Å². The number of hydrogen-bond acceptors (Lipinski definition) is 1. The summed E-state index contributed by atoms with van der Waals surface area (Å²) >= 11 is 9.76. The van der Waals surface area contributed by atoms with Gasteiger partial charge >= 0.3 is 0 Å². The highest BCUT2D eigenvalue weighted by molar-refractivity contribution is 8.11. The molecule has 0 aliphatic heterocycles. The molecule has 0 bridgehead atoms. The highest BCUT2D eigenvalue weighted by atomic mass is 32.1. The highest BCUT2D eigenvalue weighted by Gasteiger charge is 2.22. The lowest BCUT2D eigenvalue weighted by Gasteiger charge is -2.23. The molecular formula is C16H16S2. The van der Waals surface area contributed by atoms with Gasteiger partial charge in [0.25, 0.3) is 0 Å². The first-order valence-corrected chi connectivity index (χ1v) is 6.88. The van der Waals surface area contributed by atoms with E-state index in [2.05, 4.69) is 56.0 Å². The van der Waals surface area contributed by atoms with Gasteiger partial charge in [-0.1, -0.05) is 79.8 Å². The van der Waals surface area contributed by atoms with E-state index in [1.54, 1.807) is 0 Å². The minimum atomic E-state index is 0.173. The van der Waals surface area contributed by atoms with Crippen molar-refractivity contribution in [2.24, 2.45) is 0 Å². The third-order valence-electron chi connectivity index (χ3n) is 3.25. The fraction of sp³-hybridized carbons (Fsp3) is 0.188. The maximum atomic E-state index is 5.34. The van der Waals surface area contributed by atoms with Crippen molar-refractivity contribution < 1.29 is 0 Å². The Balaban J connectivity index is 2.35. The zero-order valence-corrected chi connectivity index (χ0v) is 12.0. The standard InChI is InChI=1S/C16H16S2/c1-12(13-8-4-2-5-9-13)15(16(17)18)14-10-6-3-7-11-14/h2-12,15H,1H3,(H,17,18). The van der Waals surface area contributed by atoms with Crippen molar-refractivity contribution in [1.29, 1.82) is 0 Å². The van der Waals surface area contributed by atoms with Crippen molar-refractivity contribution >= 4 is 29.0 Å². The summed E-state index contributed by atoms with van der Waals surface area (Å²) in [6, 6.07) is 20.8. The van der Waals surface area contributed by atoms with Crippen molar-refractivity contribution in [2.75, 3.05) is 0 Å². The van der Waals surface area contributed by atoms with Crippen LogP contribution in [-0.4, -0.2) is 4.20 Å². The Hall–Kier alpha value is -1.12. The highest BCUT2D eigenvalue weighted by Crippen LogP contribution is 2.34. The van der Waals surface area contributed by atoms with Crippen LogP contribution in [-0.2, 0) is 0 Å². The first-order chi connectivity index (χ1) is 8.70. The van der Waals surface area contributed by atoms with Gasteiger partial charge in [-0.25, -0.2) is 0 Å². The van der Waals surface area contributed by atoms with Crippen LogP contribution >= 0.6 is 24.8 Å². The Morgan fingerprint density at radius 2 is 1.33 bits per heavy atom. The summed E-state index contributed by atoms with van der Waals surface area (Å²) in [7, 11) is 0. The van der Waals surface area contributed by atoms with Crippen LogP contribution in [0.2, 0.25) is 0 Å². The molecule has 0 aliphatic carbocycles. The fourth-order valence-corrected chi connectivity index (χ4v) is 2.97. The minimum Gasteiger partial charge on any atom is -0.136 e. The van der Waals surface area contributed by atoms with Crippen LogP contribution in [0.4, 0.5) is 0 Å². The van der Waals surface area contributed by atoms with Gasteiger partial charge in [0.15, 0.2) is 0 Å². The first kappa shape index (κ1) is 13.3. The van der Waals surface area contributed by atoms with E-state index in [1.807, 2.05) is 24.3 Å². The van der Waals surface area contributed by atoms with Crippen molar-refractivity contribution in [3.8, 4) is 0 Å². The lowest BCUT2D eigenvalue weighted by molar-refractivity contribution is 0.717. The van der Waals surface area contributed by atoms with Crippen LogP contribution in [0.3, 0.4) is 0 Å². The van der Waals surface area contributed by atoms with Crippen LogP contribution in [0, 0.1) is 0 Å². The van der Waals surface area contributed by atoms with Crippen molar-refractivity contribution in [1.82, 2.24) is 0 Å². The second kappa shape index (κ2) is 6.17. The smallest absolute Gasteiger partial charge is 0.0529 e. The Morgan fingerprint density at radius 3 is 1.78 bits per heavy atom. The molecule has 0 nitrogen and oxygen atoms in total. The number of benzene rings is 2. The van der Waals surface area contributed by atoms with E-state index < -0.39 is 0 Å². The Labute approximate surface area is 119 Å². The lowest BCUT2D eigenvalue weighted by atomic mass is 9.84. The average molecular weight is 272 g/mol. The molecule has 2 heteroatoms. The van der Waals surface area contributed by atoms with E-state index in [1.165, 1.54) is 11.1 Å². The largest absolute Gasteiger partial charge is 0.136 e. The molecular weight excluding hydrogens is 256 g/mol. The molecule has 0 amide bonds. The third kappa shape index (κ3) is 3.01. The van der Waals surface area contributed by atoms with E-state index in [9.17, 15) is 0 Å². The summed E-state index contributed by atoms with van der Waals surface area (Å²) < 4.78 is 0.748. The molecule has 18 heavy (non-hydrogen) atoms. The maximum Gasteiger partial charge on any atom is 0.0529 e. The molecule has 0 spiro atoms. The number of hydrogen-bond donors (Lipinski definition) is 1. The predicted molar refractivity (Wildman–Crippen MR) is 85.6 cm³/mol. The van der Waals surface area contributed by atoms with Gasteiger partial charge < -0.3 is 0 Å². The normalized spacial score (nSPS) is 13.9. The molecule has 0 aliphatic rings. The Kier molecular flexibility index (Phi) is 4.56. The molecule has 0 radical (unpaired) electrons. The SMILES string of the molecule is CC(c1ccccc1)C(C(=S)S)c1ccccc1. The predicted octanol–water partition coefficient (Wildman–Crippen LogP) is 4.83. The van der Waals surface area contributed by atoms with Gasteiger partial charge in [-0.05, 0) is 17.0 Å². The van der Waals surface area contributed by atoms with Gasteiger partial charge in [0.1, 0.15) is 0 Å². The molecule has 92 valence electrons. The van der Waals surface area contributed by atoms with Gasteiger partial charge in [0.2, 0.25) is 0 Å². The quantitative estimate of drug-likeness (QED) is 0.614. The summed E-state index contributed by atoms with van der Waals surface area (Å²) in [6.45, 7) is 2.20. The number of thiocarbonyl (C=S) groups is 1. The van der Waals surface area contributed by atoms with Gasteiger partial charge in [-0.2, -0.15) is 0 Å². The lowest BCUT2D eigenvalue weighted by Crippen LogP contribution is -2.13. The molecule has 2 atom stereocenters. The number of rotatable bonds is 4. The van der Waals surface area contributed by atoms with Gasteiger partial charge in [0, 0.05) is 5.92 Å². The molecule has 0 heterocycles. The van der Waals surface area contributed by atoms with Crippen LogP contribution < -0.4 is 0 Å². The second-order valence-electron chi connectivity index (χ2n) is 4.43. The van der Waals surface area contributed by atoms with E-state index in [0.29, 0.717) is 5.92 Å². The second-order valence-corrected chi connectivity index (χ2v) is 5.65. The molecule has 0 saturated heterocycles. The summed E-state index contributed by atoms with van der Waals surface area (Å²) in [4.78, 5) is 0. The topological polar surface area (TPSA) is 0 Å². The third-order valence-corrected chi connectivity index (χ3v) is 3.78. The summed E-state index contributed by atoms with van der Waals surface area (Å²) in [6.07, 6.45) is 0. The monoisotopic (exact) mass is 272 g/mol. The van der Waals surface area contributed by atoms with Crippen molar-refractivity contribution in [2.45, 2.75) is 18.8 Å². The zero-order chi connectivity index (χ0) is 13.0. The summed E-state index contributed by atoms with van der Waals surface area (Å²) in [5.74, 6) is 0.505. The van der Waals surface area contributed by atoms with Gasteiger partial charge in [-0.3, -0.25) is 0 Å². The Bertz CT molecular complexity index is 505. The van der Waals surface area contributed by atoms with Crippen molar-refractivity contribution in [3.05, 3.63) is 71.8 Å². The maximum absolute atomic E-state index is 5.34. The molecule has 2 aromatic rings. The van der Waals surface area contributed by atoms with Crippen LogP contribution in [0.15, 0.2) is 60.7 Å². The van der Waals surface area contributed by atoms with E-state index in [0.717, 1.165) is 4.20 Å². The minimum absolute atomic E-state index is 0.173. The molecule has 0 fully saturated rings. The summed E-state index contributed by atoms with van der Waals surface area (Å²) in [5, 5.41) is 0. The summed E-state index contributed by atoms with van der Waals surface area (Å²) in [5.41, 5.74) is 2.52. The van der Waals surface area contributed by atoms with E-state index in [4.69, 9.17) is 12.2 Å². The molecule has 0 N–H and O–H groups in total. The fourth-order valence-electron chi connectivity index (χ4n) is 2.25. The molecule has 2 aromatic carbocycles. The molecule has 0 saturated carbocycles. The Morgan fingerprint density at radius 1 is 0.889 bits per heavy atom. The zero-order valence-electron chi connectivity index (χ0n) is 10.3. The van der Waals surface area contributed by atoms with Gasteiger partial charge in [-0.15, -0.1) is 12.6 Å². The van der Waals surface area contributed by atoms with Crippen LogP contribution in [0.5, 0.6) is 0 Å². The molecule has 2 rings (SSSR count). The van der Waals surface area contributed by atoms with Crippen LogP contribution in [0.1, 0.15) is 29.9 Å². The van der Waals surface area contributed by atoms with Gasteiger partial charge in [0.05, 0.1) is 4.20 Å². The van der Waals surface area contributed by atoms with Crippen molar-refractivity contribution in [3.63, 3.8) is 0 Å².